The summed E-state index contributed by atoms with van der Waals surface area (Å²) in [5.74, 6) is 0.265. The van der Waals surface area contributed by atoms with Crippen LogP contribution in [0.4, 0.5) is 5.69 Å². The Balaban J connectivity index is 2.22. The molecule has 1 saturated carbocycles. The van der Waals surface area contributed by atoms with Crippen LogP contribution in [0.1, 0.15) is 57.4 Å². The predicted molar refractivity (Wildman–Crippen MR) is 80.3 cm³/mol. The number of hydrogen-bond acceptors (Lipinski definition) is 2. The SMILES string of the molecule is CCC(C)c1ccccc1NC(=O)C1(C#N)CCCC1. The minimum absolute atomic E-state index is 0.131. The molecule has 1 unspecified atom stereocenters. The Kier molecular flexibility index (Phi) is 4.44. The van der Waals surface area contributed by atoms with Gasteiger partial charge in [-0.25, -0.2) is 0 Å². The maximum Gasteiger partial charge on any atom is 0.244 e. The number of nitrogens with one attached hydrogen (secondary N) is 1. The van der Waals surface area contributed by atoms with Crippen molar-refractivity contribution in [2.75, 3.05) is 5.32 Å². The molecule has 0 spiro atoms. The average Bonchev–Trinajstić information content (AvgIpc) is 2.97. The summed E-state index contributed by atoms with van der Waals surface area (Å²) < 4.78 is 0. The highest BCUT2D eigenvalue weighted by Crippen LogP contribution is 2.39. The lowest BCUT2D eigenvalue weighted by molar-refractivity contribution is -0.122. The van der Waals surface area contributed by atoms with Crippen molar-refractivity contribution in [2.24, 2.45) is 5.41 Å². The van der Waals surface area contributed by atoms with Gasteiger partial charge in [-0.3, -0.25) is 4.79 Å². The van der Waals surface area contributed by atoms with Crippen molar-refractivity contribution in [3.8, 4) is 6.07 Å². The normalized spacial score (nSPS) is 18.2. The predicted octanol–water partition coefficient (Wildman–Crippen LogP) is 4.22. The number of rotatable bonds is 4. The van der Waals surface area contributed by atoms with Gasteiger partial charge in [0, 0.05) is 5.69 Å². The Morgan fingerprint density at radius 2 is 2.05 bits per heavy atom. The third-order valence-corrected chi connectivity index (χ3v) is 4.46. The van der Waals surface area contributed by atoms with E-state index < -0.39 is 5.41 Å². The molecule has 1 atom stereocenters. The van der Waals surface area contributed by atoms with Gasteiger partial charge in [-0.05, 0) is 36.8 Å². The van der Waals surface area contributed by atoms with Crippen LogP contribution in [-0.2, 0) is 4.79 Å². The van der Waals surface area contributed by atoms with Gasteiger partial charge in [0.1, 0.15) is 5.41 Å². The Bertz CT molecular complexity index is 524. The van der Waals surface area contributed by atoms with Gasteiger partial charge < -0.3 is 5.32 Å². The van der Waals surface area contributed by atoms with Crippen LogP contribution in [0.15, 0.2) is 24.3 Å². The zero-order valence-electron chi connectivity index (χ0n) is 12.3. The largest absolute Gasteiger partial charge is 0.324 e. The number of anilines is 1. The monoisotopic (exact) mass is 270 g/mol. The van der Waals surface area contributed by atoms with Gasteiger partial charge in [-0.15, -0.1) is 0 Å². The van der Waals surface area contributed by atoms with Crippen LogP contribution in [0.25, 0.3) is 0 Å². The molecular weight excluding hydrogens is 248 g/mol. The molecule has 1 N–H and O–H groups in total. The minimum Gasteiger partial charge on any atom is -0.324 e. The number of amides is 1. The number of hydrogen-bond donors (Lipinski definition) is 1. The van der Waals surface area contributed by atoms with Crippen molar-refractivity contribution in [3.05, 3.63) is 29.8 Å². The third kappa shape index (κ3) is 2.70. The molecule has 1 fully saturated rings. The Labute approximate surface area is 121 Å². The van der Waals surface area contributed by atoms with E-state index in [-0.39, 0.29) is 5.91 Å². The lowest BCUT2D eigenvalue weighted by atomic mass is 9.86. The molecule has 1 aliphatic rings. The maximum absolute atomic E-state index is 12.5. The van der Waals surface area contributed by atoms with Gasteiger partial charge in [0.2, 0.25) is 5.91 Å². The molecule has 2 rings (SSSR count). The maximum atomic E-state index is 12.5. The summed E-state index contributed by atoms with van der Waals surface area (Å²) in [4.78, 5) is 12.5. The van der Waals surface area contributed by atoms with Crippen LogP contribution >= 0.6 is 0 Å². The molecule has 0 aliphatic heterocycles. The van der Waals surface area contributed by atoms with Crippen LogP contribution in [0, 0.1) is 16.7 Å². The summed E-state index contributed by atoms with van der Waals surface area (Å²) >= 11 is 0. The molecule has 0 heterocycles. The van der Waals surface area contributed by atoms with Crippen molar-refractivity contribution in [3.63, 3.8) is 0 Å². The van der Waals surface area contributed by atoms with E-state index in [4.69, 9.17) is 0 Å². The van der Waals surface area contributed by atoms with Gasteiger partial charge in [0.15, 0.2) is 0 Å². The first-order chi connectivity index (χ1) is 9.63. The Hall–Kier alpha value is -1.82. The standard InChI is InChI=1S/C17H22N2O/c1-3-13(2)14-8-4-5-9-15(14)19-16(20)17(12-18)10-6-7-11-17/h4-5,8-9,13H,3,6-7,10-11H2,1-2H3,(H,19,20). The van der Waals surface area contributed by atoms with Crippen LogP contribution in [-0.4, -0.2) is 5.91 Å². The second-order valence-corrected chi connectivity index (χ2v) is 5.75. The first kappa shape index (κ1) is 14.6. The van der Waals surface area contributed by atoms with Crippen molar-refractivity contribution in [1.82, 2.24) is 0 Å². The topological polar surface area (TPSA) is 52.9 Å². The quantitative estimate of drug-likeness (QED) is 0.890. The molecule has 1 aliphatic carbocycles. The number of benzene rings is 1. The number of nitrogens with zero attached hydrogens (tertiary/aromatic N) is 1. The third-order valence-electron chi connectivity index (χ3n) is 4.46. The summed E-state index contributed by atoms with van der Waals surface area (Å²) in [6, 6.07) is 10.1. The van der Waals surface area contributed by atoms with Crippen LogP contribution in [0.5, 0.6) is 0 Å². The van der Waals surface area contributed by atoms with E-state index in [0.29, 0.717) is 18.8 Å². The number of para-hydroxylation sites is 1. The van der Waals surface area contributed by atoms with E-state index in [1.165, 1.54) is 0 Å². The van der Waals surface area contributed by atoms with E-state index in [2.05, 4.69) is 31.3 Å². The lowest BCUT2D eigenvalue weighted by Crippen LogP contribution is -2.32. The second kappa shape index (κ2) is 6.09. The number of carbonyl (C=O) groups is 1. The van der Waals surface area contributed by atoms with E-state index in [0.717, 1.165) is 30.5 Å². The first-order valence-corrected chi connectivity index (χ1v) is 7.44. The zero-order chi connectivity index (χ0) is 14.6. The molecule has 0 bridgehead atoms. The molecular formula is C17H22N2O. The smallest absolute Gasteiger partial charge is 0.244 e. The van der Waals surface area contributed by atoms with Gasteiger partial charge in [0.25, 0.3) is 0 Å². The van der Waals surface area contributed by atoms with Crippen molar-refractivity contribution in [2.45, 2.75) is 51.9 Å². The summed E-state index contributed by atoms with van der Waals surface area (Å²) in [7, 11) is 0. The van der Waals surface area contributed by atoms with E-state index >= 15 is 0 Å². The Morgan fingerprint density at radius 1 is 1.40 bits per heavy atom. The van der Waals surface area contributed by atoms with Crippen LogP contribution < -0.4 is 5.32 Å². The summed E-state index contributed by atoms with van der Waals surface area (Å²) in [5.41, 5.74) is 1.19. The molecule has 1 aromatic carbocycles. The van der Waals surface area contributed by atoms with Crippen molar-refractivity contribution < 1.29 is 4.79 Å². The molecule has 0 saturated heterocycles. The highest BCUT2D eigenvalue weighted by molar-refractivity contribution is 5.98. The molecule has 0 aromatic heterocycles. The fourth-order valence-electron chi connectivity index (χ4n) is 2.87. The highest BCUT2D eigenvalue weighted by Gasteiger charge is 2.41. The molecule has 106 valence electrons. The van der Waals surface area contributed by atoms with Crippen molar-refractivity contribution >= 4 is 11.6 Å². The molecule has 20 heavy (non-hydrogen) atoms. The number of carbonyl (C=O) groups excluding carboxylic acids is 1. The van der Waals surface area contributed by atoms with Gasteiger partial charge >= 0.3 is 0 Å². The molecule has 3 heteroatoms. The lowest BCUT2D eigenvalue weighted by Gasteiger charge is -2.22. The fourth-order valence-corrected chi connectivity index (χ4v) is 2.87. The first-order valence-electron chi connectivity index (χ1n) is 7.44. The fraction of sp³-hybridized carbons (Fsp3) is 0.529. The molecule has 3 nitrogen and oxygen atoms in total. The molecule has 1 amide bonds. The highest BCUT2D eigenvalue weighted by atomic mass is 16.2. The second-order valence-electron chi connectivity index (χ2n) is 5.75. The summed E-state index contributed by atoms with van der Waals surface area (Å²) in [6.45, 7) is 4.29. The molecule has 0 radical (unpaired) electrons. The zero-order valence-corrected chi connectivity index (χ0v) is 12.3. The molecule has 1 aromatic rings. The van der Waals surface area contributed by atoms with E-state index in [1.54, 1.807) is 0 Å². The van der Waals surface area contributed by atoms with Gasteiger partial charge in [0.05, 0.1) is 6.07 Å². The van der Waals surface area contributed by atoms with E-state index in [1.807, 2.05) is 18.2 Å². The summed E-state index contributed by atoms with van der Waals surface area (Å²) in [6.07, 6.45) is 4.32. The van der Waals surface area contributed by atoms with E-state index in [9.17, 15) is 10.1 Å². The minimum atomic E-state index is -0.817. The van der Waals surface area contributed by atoms with Crippen LogP contribution in [0.2, 0.25) is 0 Å². The van der Waals surface area contributed by atoms with Crippen molar-refractivity contribution in [1.29, 1.82) is 5.26 Å². The Morgan fingerprint density at radius 3 is 2.65 bits per heavy atom. The van der Waals surface area contributed by atoms with Gasteiger partial charge in [-0.1, -0.05) is 44.9 Å². The van der Waals surface area contributed by atoms with Crippen LogP contribution in [0.3, 0.4) is 0 Å². The number of nitriles is 1. The average molecular weight is 270 g/mol. The van der Waals surface area contributed by atoms with Gasteiger partial charge in [-0.2, -0.15) is 5.26 Å². The summed E-state index contributed by atoms with van der Waals surface area (Å²) in [5, 5.41) is 12.4.